The number of methoxy groups -OCH3 is 1. The molecule has 0 bridgehead atoms. The Morgan fingerprint density at radius 3 is 2.15 bits per heavy atom. The van der Waals surface area contributed by atoms with Gasteiger partial charge in [-0.15, -0.1) is 11.8 Å². The van der Waals surface area contributed by atoms with Gasteiger partial charge in [0, 0.05) is 17.2 Å². The SMILES string of the molecule is COC(=O)c1cc(S(=O)(=O)NCCSc2ccc(Oc3ccc(C)cc3)cc2)cc(C)c1C. The average molecular weight is 486 g/mol. The van der Waals surface area contributed by atoms with Crippen molar-refractivity contribution < 1.29 is 22.7 Å². The van der Waals surface area contributed by atoms with E-state index in [1.54, 1.807) is 19.9 Å². The first-order chi connectivity index (χ1) is 15.7. The van der Waals surface area contributed by atoms with Crippen molar-refractivity contribution in [2.45, 2.75) is 30.6 Å². The molecule has 0 radical (unpaired) electrons. The minimum absolute atomic E-state index is 0.0496. The molecule has 3 rings (SSSR count). The first kappa shape index (κ1) is 24.8. The quantitative estimate of drug-likeness (QED) is 0.253. The lowest BCUT2D eigenvalue weighted by atomic mass is 10.0. The van der Waals surface area contributed by atoms with Gasteiger partial charge in [-0.1, -0.05) is 17.7 Å². The van der Waals surface area contributed by atoms with Gasteiger partial charge in [0.15, 0.2) is 0 Å². The van der Waals surface area contributed by atoms with Crippen LogP contribution in [0, 0.1) is 20.8 Å². The lowest BCUT2D eigenvalue weighted by molar-refractivity contribution is 0.0599. The molecule has 0 unspecified atom stereocenters. The van der Waals surface area contributed by atoms with Crippen LogP contribution >= 0.6 is 11.8 Å². The molecule has 0 saturated heterocycles. The van der Waals surface area contributed by atoms with E-state index in [9.17, 15) is 13.2 Å². The summed E-state index contributed by atoms with van der Waals surface area (Å²) in [6, 6.07) is 18.4. The molecule has 1 N–H and O–H groups in total. The Labute approximate surface area is 199 Å². The Kier molecular flexibility index (Phi) is 8.18. The lowest BCUT2D eigenvalue weighted by Crippen LogP contribution is -2.26. The Bertz CT molecular complexity index is 1220. The van der Waals surface area contributed by atoms with Crippen LogP contribution in [-0.2, 0) is 14.8 Å². The van der Waals surface area contributed by atoms with Gasteiger partial charge in [-0.25, -0.2) is 17.9 Å². The van der Waals surface area contributed by atoms with Gasteiger partial charge in [0.05, 0.1) is 17.6 Å². The summed E-state index contributed by atoms with van der Waals surface area (Å²) < 4.78 is 38.6. The number of benzene rings is 3. The van der Waals surface area contributed by atoms with Crippen LogP contribution in [-0.4, -0.2) is 33.8 Å². The van der Waals surface area contributed by atoms with Crippen molar-refractivity contribution in [3.63, 3.8) is 0 Å². The summed E-state index contributed by atoms with van der Waals surface area (Å²) in [6.45, 7) is 5.80. The Balaban J connectivity index is 1.55. The molecule has 3 aromatic carbocycles. The largest absolute Gasteiger partial charge is 0.465 e. The molecule has 0 aliphatic carbocycles. The second-order valence-electron chi connectivity index (χ2n) is 7.54. The Morgan fingerprint density at radius 2 is 1.55 bits per heavy atom. The molecule has 0 aliphatic rings. The van der Waals surface area contributed by atoms with E-state index in [1.807, 2.05) is 55.5 Å². The number of aryl methyl sites for hydroxylation is 2. The molecule has 0 atom stereocenters. The summed E-state index contributed by atoms with van der Waals surface area (Å²) in [5, 5.41) is 0. The third-order valence-corrected chi connectivity index (χ3v) is 7.55. The fourth-order valence-corrected chi connectivity index (χ4v) is 5.12. The number of nitrogens with one attached hydrogen (secondary N) is 1. The molecule has 3 aromatic rings. The van der Waals surface area contributed by atoms with Gasteiger partial charge in [0.25, 0.3) is 0 Å². The number of ether oxygens (including phenoxy) is 2. The highest BCUT2D eigenvalue weighted by Gasteiger charge is 2.20. The molecule has 0 saturated carbocycles. The van der Waals surface area contributed by atoms with E-state index in [0.717, 1.165) is 16.4 Å². The van der Waals surface area contributed by atoms with Gasteiger partial charge >= 0.3 is 5.97 Å². The molecular weight excluding hydrogens is 458 g/mol. The predicted molar refractivity (Wildman–Crippen MR) is 131 cm³/mol. The topological polar surface area (TPSA) is 81.7 Å². The smallest absolute Gasteiger partial charge is 0.338 e. The van der Waals surface area contributed by atoms with E-state index < -0.39 is 16.0 Å². The zero-order chi connectivity index (χ0) is 24.0. The van der Waals surface area contributed by atoms with Crippen LogP contribution in [0.4, 0.5) is 0 Å². The molecular formula is C25H27NO5S2. The standard InChI is InChI=1S/C25H27NO5S2/c1-17-5-7-20(8-6-17)31-21-9-11-22(12-10-21)32-14-13-26-33(28,29)23-15-18(2)19(3)24(16-23)25(27)30-4/h5-12,15-16,26H,13-14H2,1-4H3. The van der Waals surface area contributed by atoms with E-state index in [2.05, 4.69) is 4.72 Å². The van der Waals surface area contributed by atoms with Crippen molar-refractivity contribution in [3.8, 4) is 11.5 Å². The number of carbonyl (C=O) groups excluding carboxylic acids is 1. The summed E-state index contributed by atoms with van der Waals surface area (Å²) in [7, 11) is -2.48. The number of rotatable bonds is 9. The van der Waals surface area contributed by atoms with Crippen LogP contribution in [0.15, 0.2) is 70.5 Å². The third kappa shape index (κ3) is 6.60. The first-order valence-corrected chi connectivity index (χ1v) is 12.8. The average Bonchev–Trinajstić information content (AvgIpc) is 2.80. The monoisotopic (exact) mass is 485 g/mol. The second-order valence-corrected chi connectivity index (χ2v) is 10.5. The van der Waals surface area contributed by atoms with Crippen LogP contribution in [0.2, 0.25) is 0 Å². The molecule has 0 spiro atoms. The lowest BCUT2D eigenvalue weighted by Gasteiger charge is -2.12. The molecule has 0 aliphatic heterocycles. The zero-order valence-corrected chi connectivity index (χ0v) is 20.7. The van der Waals surface area contributed by atoms with E-state index in [4.69, 9.17) is 9.47 Å². The van der Waals surface area contributed by atoms with Crippen LogP contribution < -0.4 is 9.46 Å². The number of carbonyl (C=O) groups is 1. The van der Waals surface area contributed by atoms with Crippen LogP contribution in [0.1, 0.15) is 27.0 Å². The molecule has 174 valence electrons. The molecule has 6 nitrogen and oxygen atoms in total. The fraction of sp³-hybridized carbons (Fsp3) is 0.240. The summed E-state index contributed by atoms with van der Waals surface area (Å²) in [5.74, 6) is 1.50. The minimum atomic E-state index is -3.75. The number of sulfonamides is 1. The normalized spacial score (nSPS) is 11.3. The van der Waals surface area contributed by atoms with E-state index in [1.165, 1.54) is 30.5 Å². The molecule has 8 heteroatoms. The fourth-order valence-electron chi connectivity index (χ4n) is 3.08. The van der Waals surface area contributed by atoms with Crippen molar-refractivity contribution in [3.05, 3.63) is 82.9 Å². The number of hydrogen-bond acceptors (Lipinski definition) is 6. The molecule has 0 heterocycles. The van der Waals surface area contributed by atoms with Gasteiger partial charge in [0.2, 0.25) is 10.0 Å². The van der Waals surface area contributed by atoms with Gasteiger partial charge in [0.1, 0.15) is 11.5 Å². The van der Waals surface area contributed by atoms with Crippen molar-refractivity contribution in [2.75, 3.05) is 19.4 Å². The summed E-state index contributed by atoms with van der Waals surface area (Å²) in [6.07, 6.45) is 0. The van der Waals surface area contributed by atoms with Crippen LogP contribution in [0.25, 0.3) is 0 Å². The molecule has 0 amide bonds. The van der Waals surface area contributed by atoms with Crippen LogP contribution in [0.3, 0.4) is 0 Å². The van der Waals surface area contributed by atoms with Gasteiger partial charge in [-0.05, 0) is 80.4 Å². The number of esters is 1. The Morgan fingerprint density at radius 1 is 0.939 bits per heavy atom. The number of hydrogen-bond donors (Lipinski definition) is 1. The van der Waals surface area contributed by atoms with Gasteiger partial charge < -0.3 is 9.47 Å². The molecule has 0 fully saturated rings. The second kappa shape index (κ2) is 10.9. The summed E-state index contributed by atoms with van der Waals surface area (Å²) in [4.78, 5) is 13.0. The molecule has 0 aromatic heterocycles. The van der Waals surface area contributed by atoms with Gasteiger partial charge in [-0.2, -0.15) is 0 Å². The van der Waals surface area contributed by atoms with Gasteiger partial charge in [-0.3, -0.25) is 0 Å². The van der Waals surface area contributed by atoms with E-state index in [-0.39, 0.29) is 17.0 Å². The van der Waals surface area contributed by atoms with E-state index >= 15 is 0 Å². The third-order valence-electron chi connectivity index (χ3n) is 5.10. The van der Waals surface area contributed by atoms with Crippen molar-refractivity contribution >= 4 is 27.8 Å². The predicted octanol–water partition coefficient (Wildman–Crippen LogP) is 5.26. The minimum Gasteiger partial charge on any atom is -0.465 e. The highest BCUT2D eigenvalue weighted by atomic mass is 32.2. The maximum Gasteiger partial charge on any atom is 0.338 e. The maximum atomic E-state index is 12.7. The Hall–Kier alpha value is -2.81. The highest BCUT2D eigenvalue weighted by molar-refractivity contribution is 7.99. The zero-order valence-electron chi connectivity index (χ0n) is 19.0. The van der Waals surface area contributed by atoms with Crippen molar-refractivity contribution in [1.82, 2.24) is 4.72 Å². The molecule has 33 heavy (non-hydrogen) atoms. The maximum absolute atomic E-state index is 12.7. The first-order valence-electron chi connectivity index (χ1n) is 10.4. The van der Waals surface area contributed by atoms with E-state index in [0.29, 0.717) is 16.9 Å². The summed E-state index contributed by atoms with van der Waals surface area (Å²) in [5.41, 5.74) is 2.83. The van der Waals surface area contributed by atoms with Crippen molar-refractivity contribution in [1.29, 1.82) is 0 Å². The number of thioether (sulfide) groups is 1. The van der Waals surface area contributed by atoms with Crippen LogP contribution in [0.5, 0.6) is 11.5 Å². The highest BCUT2D eigenvalue weighted by Crippen LogP contribution is 2.26. The summed E-state index contributed by atoms with van der Waals surface area (Å²) >= 11 is 1.53. The van der Waals surface area contributed by atoms with Crippen molar-refractivity contribution in [2.24, 2.45) is 0 Å².